The van der Waals surface area contributed by atoms with Crippen molar-refractivity contribution in [2.45, 2.75) is 63.6 Å². The number of ether oxygens (including phenoxy) is 1. The zero-order chi connectivity index (χ0) is 13.8. The van der Waals surface area contributed by atoms with Gasteiger partial charge in [0.05, 0.1) is 13.5 Å². The SMILES string of the molecule is COC(=O)CC1CN(C)CCC(C)N1C1CCCC1. The Morgan fingerprint density at radius 3 is 2.58 bits per heavy atom. The van der Waals surface area contributed by atoms with Gasteiger partial charge in [0, 0.05) is 24.7 Å². The van der Waals surface area contributed by atoms with Gasteiger partial charge in [0.1, 0.15) is 0 Å². The summed E-state index contributed by atoms with van der Waals surface area (Å²) in [7, 11) is 3.65. The van der Waals surface area contributed by atoms with Gasteiger partial charge in [-0.25, -0.2) is 0 Å². The molecule has 0 spiro atoms. The lowest BCUT2D eigenvalue weighted by atomic mass is 10.0. The van der Waals surface area contributed by atoms with Crippen LogP contribution in [0, 0.1) is 0 Å². The molecule has 1 saturated carbocycles. The molecular weight excluding hydrogens is 240 g/mol. The first-order valence-corrected chi connectivity index (χ1v) is 7.64. The first-order chi connectivity index (χ1) is 9.11. The van der Waals surface area contributed by atoms with Gasteiger partial charge in [0.2, 0.25) is 0 Å². The number of methoxy groups -OCH3 is 1. The number of nitrogens with zero attached hydrogens (tertiary/aromatic N) is 2. The van der Waals surface area contributed by atoms with Gasteiger partial charge in [-0.15, -0.1) is 0 Å². The molecule has 0 aromatic rings. The molecule has 1 heterocycles. The van der Waals surface area contributed by atoms with Crippen LogP contribution in [0.4, 0.5) is 0 Å². The lowest BCUT2D eigenvalue weighted by Gasteiger charge is -2.39. The molecule has 0 N–H and O–H groups in total. The molecule has 0 radical (unpaired) electrons. The average Bonchev–Trinajstić information content (AvgIpc) is 2.85. The summed E-state index contributed by atoms with van der Waals surface area (Å²) in [5, 5.41) is 0. The van der Waals surface area contributed by atoms with Crippen LogP contribution in [0.15, 0.2) is 0 Å². The van der Waals surface area contributed by atoms with Gasteiger partial charge >= 0.3 is 5.97 Å². The van der Waals surface area contributed by atoms with Crippen LogP contribution in [0.2, 0.25) is 0 Å². The normalized spacial score (nSPS) is 31.3. The van der Waals surface area contributed by atoms with E-state index in [2.05, 4.69) is 23.8 Å². The number of rotatable bonds is 3. The standard InChI is InChI=1S/C15H28N2O2/c1-12-8-9-16(2)11-14(10-15(18)19-3)17(12)13-6-4-5-7-13/h12-14H,4-11H2,1-3H3. The Labute approximate surface area is 117 Å². The summed E-state index contributed by atoms with van der Waals surface area (Å²) in [6, 6.07) is 1.57. The third-order valence-electron chi connectivity index (χ3n) is 4.76. The van der Waals surface area contributed by atoms with Crippen molar-refractivity contribution in [2.24, 2.45) is 0 Å². The molecule has 4 heteroatoms. The minimum absolute atomic E-state index is 0.0736. The van der Waals surface area contributed by atoms with Crippen molar-refractivity contribution < 1.29 is 9.53 Å². The molecule has 2 atom stereocenters. The topological polar surface area (TPSA) is 32.8 Å². The maximum absolute atomic E-state index is 11.7. The highest BCUT2D eigenvalue weighted by Crippen LogP contribution is 2.30. The van der Waals surface area contributed by atoms with Crippen molar-refractivity contribution >= 4 is 5.97 Å². The summed E-state index contributed by atoms with van der Waals surface area (Å²) in [5.74, 6) is -0.0736. The number of likely N-dealkylation sites (N-methyl/N-ethyl adjacent to an activating group) is 1. The second-order valence-corrected chi connectivity index (χ2v) is 6.22. The molecule has 2 aliphatic rings. The molecule has 2 fully saturated rings. The highest BCUT2D eigenvalue weighted by Gasteiger charge is 2.35. The second kappa shape index (κ2) is 6.71. The third kappa shape index (κ3) is 3.69. The van der Waals surface area contributed by atoms with Crippen LogP contribution in [0.1, 0.15) is 45.4 Å². The third-order valence-corrected chi connectivity index (χ3v) is 4.76. The molecule has 1 saturated heterocycles. The van der Waals surface area contributed by atoms with Gasteiger partial charge in [-0.2, -0.15) is 0 Å². The first kappa shape index (κ1) is 14.8. The fourth-order valence-electron chi connectivity index (χ4n) is 3.77. The van der Waals surface area contributed by atoms with Gasteiger partial charge in [0.25, 0.3) is 0 Å². The zero-order valence-corrected chi connectivity index (χ0v) is 12.6. The van der Waals surface area contributed by atoms with E-state index in [1.807, 2.05) is 0 Å². The van der Waals surface area contributed by atoms with E-state index < -0.39 is 0 Å². The summed E-state index contributed by atoms with van der Waals surface area (Å²) >= 11 is 0. The highest BCUT2D eigenvalue weighted by molar-refractivity contribution is 5.70. The van der Waals surface area contributed by atoms with Crippen molar-refractivity contribution in [1.29, 1.82) is 0 Å². The minimum atomic E-state index is -0.0736. The molecule has 4 nitrogen and oxygen atoms in total. The molecule has 0 bridgehead atoms. The van der Waals surface area contributed by atoms with Gasteiger partial charge < -0.3 is 9.64 Å². The molecule has 0 aromatic carbocycles. The number of hydrogen-bond donors (Lipinski definition) is 0. The summed E-state index contributed by atoms with van der Waals surface area (Å²) in [6.45, 7) is 4.43. The van der Waals surface area contributed by atoms with Gasteiger partial charge in [-0.3, -0.25) is 9.69 Å². The molecule has 1 aliphatic heterocycles. The van der Waals surface area contributed by atoms with Gasteiger partial charge in [-0.05, 0) is 39.8 Å². The van der Waals surface area contributed by atoms with Crippen molar-refractivity contribution in [1.82, 2.24) is 9.80 Å². The molecule has 0 aromatic heterocycles. The predicted octanol–water partition coefficient (Wildman–Crippen LogP) is 1.89. The largest absolute Gasteiger partial charge is 0.469 e. The Balaban J connectivity index is 2.12. The number of carbonyl (C=O) groups is 1. The van der Waals surface area contributed by atoms with E-state index in [4.69, 9.17) is 4.74 Å². The van der Waals surface area contributed by atoms with Crippen LogP contribution in [0.5, 0.6) is 0 Å². The minimum Gasteiger partial charge on any atom is -0.469 e. The first-order valence-electron chi connectivity index (χ1n) is 7.64. The Hall–Kier alpha value is -0.610. The lowest BCUT2D eigenvalue weighted by Crippen LogP contribution is -2.49. The lowest BCUT2D eigenvalue weighted by molar-refractivity contribution is -0.142. The van der Waals surface area contributed by atoms with Crippen LogP contribution in [0.25, 0.3) is 0 Å². The summed E-state index contributed by atoms with van der Waals surface area (Å²) in [4.78, 5) is 16.7. The number of esters is 1. The van der Waals surface area contributed by atoms with E-state index in [0.717, 1.165) is 13.1 Å². The second-order valence-electron chi connectivity index (χ2n) is 6.22. The van der Waals surface area contributed by atoms with Crippen LogP contribution >= 0.6 is 0 Å². The van der Waals surface area contributed by atoms with Crippen molar-refractivity contribution in [2.75, 3.05) is 27.2 Å². The quantitative estimate of drug-likeness (QED) is 0.732. The Morgan fingerprint density at radius 2 is 1.95 bits per heavy atom. The van der Waals surface area contributed by atoms with Crippen molar-refractivity contribution in [3.05, 3.63) is 0 Å². The highest BCUT2D eigenvalue weighted by atomic mass is 16.5. The Kier molecular flexibility index (Phi) is 5.22. The fraction of sp³-hybridized carbons (Fsp3) is 0.933. The van der Waals surface area contributed by atoms with Crippen LogP contribution in [-0.4, -0.2) is 61.1 Å². The van der Waals surface area contributed by atoms with E-state index in [1.54, 1.807) is 0 Å². The summed E-state index contributed by atoms with van der Waals surface area (Å²) < 4.78 is 4.89. The Morgan fingerprint density at radius 1 is 1.26 bits per heavy atom. The molecule has 19 heavy (non-hydrogen) atoms. The Bertz CT molecular complexity index is 303. The van der Waals surface area contributed by atoms with E-state index in [-0.39, 0.29) is 5.97 Å². The molecular formula is C15H28N2O2. The maximum Gasteiger partial charge on any atom is 0.307 e. The molecule has 0 amide bonds. The van der Waals surface area contributed by atoms with Crippen LogP contribution in [-0.2, 0) is 9.53 Å². The number of hydrogen-bond acceptors (Lipinski definition) is 4. The van der Waals surface area contributed by atoms with Gasteiger partial charge in [0.15, 0.2) is 0 Å². The van der Waals surface area contributed by atoms with E-state index >= 15 is 0 Å². The smallest absolute Gasteiger partial charge is 0.307 e. The van der Waals surface area contributed by atoms with Crippen LogP contribution in [0.3, 0.4) is 0 Å². The van der Waals surface area contributed by atoms with Crippen molar-refractivity contribution in [3.63, 3.8) is 0 Å². The van der Waals surface area contributed by atoms with Crippen LogP contribution < -0.4 is 0 Å². The van der Waals surface area contributed by atoms with E-state index in [1.165, 1.54) is 39.2 Å². The molecule has 2 unspecified atom stereocenters. The maximum atomic E-state index is 11.7. The molecule has 1 aliphatic carbocycles. The molecule has 2 rings (SSSR count). The predicted molar refractivity (Wildman–Crippen MR) is 76.1 cm³/mol. The summed E-state index contributed by atoms with van der Waals surface area (Å²) in [5.41, 5.74) is 0. The molecule has 110 valence electrons. The van der Waals surface area contributed by atoms with E-state index in [9.17, 15) is 4.79 Å². The van der Waals surface area contributed by atoms with E-state index in [0.29, 0.717) is 24.5 Å². The monoisotopic (exact) mass is 268 g/mol. The zero-order valence-electron chi connectivity index (χ0n) is 12.6. The summed E-state index contributed by atoms with van der Waals surface area (Å²) in [6.07, 6.45) is 7.01. The fourth-order valence-corrected chi connectivity index (χ4v) is 3.77. The average molecular weight is 268 g/mol. The van der Waals surface area contributed by atoms with Gasteiger partial charge in [-0.1, -0.05) is 12.8 Å². The number of carbonyl (C=O) groups excluding carboxylic acids is 1. The van der Waals surface area contributed by atoms with Crippen molar-refractivity contribution in [3.8, 4) is 0 Å².